The van der Waals surface area contributed by atoms with Crippen LogP contribution in [0.2, 0.25) is 0 Å². The summed E-state index contributed by atoms with van der Waals surface area (Å²) in [6.07, 6.45) is 7.28. The molecule has 16 heavy (non-hydrogen) atoms. The van der Waals surface area contributed by atoms with Gasteiger partial charge in [-0.25, -0.2) is 0 Å². The molecule has 0 amide bonds. The van der Waals surface area contributed by atoms with Gasteiger partial charge in [-0.2, -0.15) is 0 Å². The Balaban J connectivity index is 2.31. The molecule has 0 saturated heterocycles. The van der Waals surface area contributed by atoms with Crippen molar-refractivity contribution in [2.45, 2.75) is 47.0 Å². The van der Waals surface area contributed by atoms with E-state index in [-0.39, 0.29) is 11.2 Å². The Labute approximate surface area is 98.6 Å². The second kappa shape index (κ2) is 3.87. The molecule has 0 spiro atoms. The molecule has 2 rings (SSSR count). The number of carbonyl (C=O) groups excluding carboxylic acids is 1. The van der Waals surface area contributed by atoms with Crippen LogP contribution >= 0.6 is 0 Å². The van der Waals surface area contributed by atoms with E-state index in [2.05, 4.69) is 27.7 Å². The lowest BCUT2D eigenvalue weighted by atomic mass is 9.60. The van der Waals surface area contributed by atoms with Gasteiger partial charge in [0.25, 0.3) is 0 Å². The van der Waals surface area contributed by atoms with E-state index >= 15 is 0 Å². The minimum Gasteiger partial charge on any atom is -0.290 e. The van der Waals surface area contributed by atoms with E-state index in [9.17, 15) is 4.79 Å². The van der Waals surface area contributed by atoms with Gasteiger partial charge in [-0.3, -0.25) is 4.79 Å². The van der Waals surface area contributed by atoms with Crippen LogP contribution in [0.15, 0.2) is 23.3 Å². The highest BCUT2D eigenvalue weighted by atomic mass is 16.1. The van der Waals surface area contributed by atoms with E-state index in [4.69, 9.17) is 0 Å². The van der Waals surface area contributed by atoms with Crippen LogP contribution in [0.4, 0.5) is 0 Å². The Hall–Kier alpha value is -0.850. The molecule has 1 fully saturated rings. The SMILES string of the molecule is CC1=CC(=O)C=C2CC[C@@H](C(C)C)C[C@]12C. The van der Waals surface area contributed by atoms with Gasteiger partial charge in [0, 0.05) is 5.41 Å². The molecule has 1 heteroatoms. The lowest BCUT2D eigenvalue weighted by molar-refractivity contribution is -0.110. The van der Waals surface area contributed by atoms with Crippen molar-refractivity contribution < 1.29 is 4.79 Å². The summed E-state index contributed by atoms with van der Waals surface area (Å²) in [5.41, 5.74) is 2.80. The molecule has 0 aliphatic heterocycles. The van der Waals surface area contributed by atoms with Gasteiger partial charge in [-0.15, -0.1) is 0 Å². The van der Waals surface area contributed by atoms with Crippen molar-refractivity contribution in [2.75, 3.05) is 0 Å². The van der Waals surface area contributed by atoms with Crippen LogP contribution in [0, 0.1) is 17.3 Å². The molecule has 0 aromatic carbocycles. The van der Waals surface area contributed by atoms with Crippen LogP contribution in [-0.4, -0.2) is 5.78 Å². The standard InChI is InChI=1S/C15H22O/c1-10(2)12-5-6-13-8-14(16)7-11(3)15(13,4)9-12/h7-8,10,12H,5-6,9H2,1-4H3/t12-,15-/m1/s1. The Morgan fingerprint density at radius 2 is 2.06 bits per heavy atom. The lowest BCUT2D eigenvalue weighted by Gasteiger charge is -2.44. The first-order chi connectivity index (χ1) is 7.43. The van der Waals surface area contributed by atoms with Crippen LogP contribution in [0.25, 0.3) is 0 Å². The van der Waals surface area contributed by atoms with E-state index in [1.807, 2.05) is 12.2 Å². The first kappa shape index (κ1) is 11.6. The predicted octanol–water partition coefficient (Wildman–Crippen LogP) is 3.90. The molecule has 0 aromatic heterocycles. The van der Waals surface area contributed by atoms with Crippen molar-refractivity contribution in [3.63, 3.8) is 0 Å². The number of carbonyl (C=O) groups is 1. The molecule has 88 valence electrons. The third kappa shape index (κ3) is 1.77. The fourth-order valence-electron chi connectivity index (χ4n) is 3.18. The Morgan fingerprint density at radius 1 is 1.38 bits per heavy atom. The van der Waals surface area contributed by atoms with Crippen molar-refractivity contribution in [1.29, 1.82) is 0 Å². The van der Waals surface area contributed by atoms with Crippen LogP contribution in [0.1, 0.15) is 47.0 Å². The molecular formula is C15H22O. The first-order valence-electron chi connectivity index (χ1n) is 6.37. The number of allylic oxidation sites excluding steroid dienone is 4. The van der Waals surface area contributed by atoms with E-state index in [1.165, 1.54) is 24.0 Å². The van der Waals surface area contributed by atoms with Gasteiger partial charge in [0.2, 0.25) is 0 Å². The Kier molecular flexibility index (Phi) is 2.81. The van der Waals surface area contributed by atoms with Crippen molar-refractivity contribution in [1.82, 2.24) is 0 Å². The second-order valence-electron chi connectivity index (χ2n) is 5.98. The fourth-order valence-corrected chi connectivity index (χ4v) is 3.18. The molecule has 0 radical (unpaired) electrons. The van der Waals surface area contributed by atoms with Crippen LogP contribution in [0.5, 0.6) is 0 Å². The highest BCUT2D eigenvalue weighted by molar-refractivity contribution is 6.01. The minimum absolute atomic E-state index is 0.168. The highest BCUT2D eigenvalue weighted by Gasteiger charge is 2.40. The highest BCUT2D eigenvalue weighted by Crippen LogP contribution is 2.51. The van der Waals surface area contributed by atoms with Crippen LogP contribution in [-0.2, 0) is 4.79 Å². The van der Waals surface area contributed by atoms with Gasteiger partial charge in [-0.05, 0) is 50.2 Å². The van der Waals surface area contributed by atoms with Gasteiger partial charge >= 0.3 is 0 Å². The molecule has 0 unspecified atom stereocenters. The molecule has 0 aromatic rings. The summed E-state index contributed by atoms with van der Waals surface area (Å²) in [6, 6.07) is 0. The summed E-state index contributed by atoms with van der Waals surface area (Å²) in [4.78, 5) is 11.5. The van der Waals surface area contributed by atoms with E-state index < -0.39 is 0 Å². The largest absolute Gasteiger partial charge is 0.290 e. The fraction of sp³-hybridized carbons (Fsp3) is 0.667. The summed E-state index contributed by atoms with van der Waals surface area (Å²) in [5.74, 6) is 1.75. The third-order valence-corrected chi connectivity index (χ3v) is 4.65. The number of ketones is 1. The minimum atomic E-state index is 0.168. The smallest absolute Gasteiger partial charge is 0.178 e. The second-order valence-corrected chi connectivity index (χ2v) is 5.98. The summed E-state index contributed by atoms with van der Waals surface area (Å²) in [7, 11) is 0. The summed E-state index contributed by atoms with van der Waals surface area (Å²) < 4.78 is 0. The normalized spacial score (nSPS) is 34.6. The van der Waals surface area contributed by atoms with Gasteiger partial charge in [0.15, 0.2) is 5.78 Å². The van der Waals surface area contributed by atoms with Gasteiger partial charge < -0.3 is 0 Å². The van der Waals surface area contributed by atoms with Crippen molar-refractivity contribution in [2.24, 2.45) is 17.3 Å². The zero-order valence-corrected chi connectivity index (χ0v) is 10.8. The quantitative estimate of drug-likeness (QED) is 0.652. The summed E-state index contributed by atoms with van der Waals surface area (Å²) in [5, 5.41) is 0. The molecule has 2 atom stereocenters. The van der Waals surface area contributed by atoms with Gasteiger partial charge in [0.1, 0.15) is 0 Å². The average molecular weight is 218 g/mol. The van der Waals surface area contributed by atoms with Gasteiger partial charge in [0.05, 0.1) is 0 Å². The number of hydrogen-bond donors (Lipinski definition) is 0. The predicted molar refractivity (Wildman–Crippen MR) is 67.1 cm³/mol. The summed E-state index contributed by atoms with van der Waals surface area (Å²) >= 11 is 0. The molecule has 0 heterocycles. The monoisotopic (exact) mass is 218 g/mol. The van der Waals surface area contributed by atoms with Gasteiger partial charge in [-0.1, -0.05) is 31.9 Å². The zero-order valence-electron chi connectivity index (χ0n) is 10.8. The molecule has 2 aliphatic rings. The molecule has 2 aliphatic carbocycles. The zero-order chi connectivity index (χ0) is 11.9. The maximum Gasteiger partial charge on any atom is 0.178 e. The number of fused-ring (bicyclic) bond motifs is 1. The van der Waals surface area contributed by atoms with Crippen molar-refractivity contribution in [3.8, 4) is 0 Å². The van der Waals surface area contributed by atoms with Crippen LogP contribution < -0.4 is 0 Å². The topological polar surface area (TPSA) is 17.1 Å². The maximum absolute atomic E-state index is 11.5. The molecule has 1 nitrogen and oxygen atoms in total. The summed E-state index contributed by atoms with van der Waals surface area (Å²) in [6.45, 7) is 9.06. The molecular weight excluding hydrogens is 196 g/mol. The Morgan fingerprint density at radius 3 is 2.69 bits per heavy atom. The molecule has 0 bridgehead atoms. The lowest BCUT2D eigenvalue weighted by Crippen LogP contribution is -2.34. The molecule has 0 N–H and O–H groups in total. The maximum atomic E-state index is 11.5. The van der Waals surface area contributed by atoms with E-state index in [0.29, 0.717) is 0 Å². The Bertz CT molecular complexity index is 373. The van der Waals surface area contributed by atoms with E-state index in [0.717, 1.165) is 18.3 Å². The van der Waals surface area contributed by atoms with Crippen molar-refractivity contribution in [3.05, 3.63) is 23.3 Å². The number of rotatable bonds is 1. The number of hydrogen-bond acceptors (Lipinski definition) is 1. The van der Waals surface area contributed by atoms with E-state index in [1.54, 1.807) is 0 Å². The molecule has 1 saturated carbocycles. The van der Waals surface area contributed by atoms with Crippen LogP contribution in [0.3, 0.4) is 0 Å². The third-order valence-electron chi connectivity index (χ3n) is 4.65. The first-order valence-corrected chi connectivity index (χ1v) is 6.37. The van der Waals surface area contributed by atoms with Crippen molar-refractivity contribution >= 4 is 5.78 Å². The average Bonchev–Trinajstić information content (AvgIpc) is 2.19.